The summed E-state index contributed by atoms with van der Waals surface area (Å²) in [5.74, 6) is 0.251. The fraction of sp³-hybridized carbons (Fsp3) is 0.143. The molecule has 4 nitrogen and oxygen atoms in total. The molecule has 1 N–H and O–H groups in total. The molecule has 19 heavy (non-hydrogen) atoms. The summed E-state index contributed by atoms with van der Waals surface area (Å²) in [6, 6.07) is 11.7. The summed E-state index contributed by atoms with van der Waals surface area (Å²) >= 11 is -0.0332. The molecule has 0 unspecified atom stereocenters. The van der Waals surface area contributed by atoms with Crippen molar-refractivity contribution in [3.63, 3.8) is 0 Å². The second kappa shape index (κ2) is 4.80. The monoisotopic (exact) mass is 366 g/mol. The van der Waals surface area contributed by atoms with Crippen molar-refractivity contribution in [1.29, 1.82) is 0 Å². The van der Waals surface area contributed by atoms with Crippen LogP contribution in [0.5, 0.6) is 5.75 Å². The fourth-order valence-electron chi connectivity index (χ4n) is 1.95. The maximum atomic E-state index is 10.2. The molecule has 1 heterocycles. The number of hydrogen-bond acceptors (Lipinski definition) is 3. The minimum absolute atomic E-state index is 0.0332. The molecule has 0 aliphatic carbocycles. The predicted octanol–water partition coefficient (Wildman–Crippen LogP) is -0.677. The first-order valence-electron chi connectivity index (χ1n) is 5.84. The number of phenolic OH excluding ortho intramolecular Hbond substituents is 1. The van der Waals surface area contributed by atoms with Crippen LogP contribution in [0, 0.1) is 10.5 Å². The number of aromatic hydroxyl groups is 1. The van der Waals surface area contributed by atoms with Crippen LogP contribution in [0.4, 0.5) is 0 Å². The van der Waals surface area contributed by atoms with Gasteiger partial charge in [-0.3, -0.25) is 0 Å². The van der Waals surface area contributed by atoms with Gasteiger partial charge in [-0.15, -0.1) is 0 Å². The number of alkyl halides is 1. The van der Waals surface area contributed by atoms with Crippen molar-refractivity contribution < 1.29 is 26.3 Å². The van der Waals surface area contributed by atoms with Crippen LogP contribution in [0.1, 0.15) is 5.56 Å². The first kappa shape index (κ1) is 12.4. The number of nitrogens with zero attached hydrogens (tertiary/aromatic N) is 3. The number of benzene rings is 2. The van der Waals surface area contributed by atoms with E-state index in [0.717, 1.165) is 16.6 Å². The quantitative estimate of drug-likeness (QED) is 0.483. The zero-order chi connectivity index (χ0) is 13.4. The van der Waals surface area contributed by atoms with Crippen molar-refractivity contribution in [2.75, 3.05) is 4.93 Å². The van der Waals surface area contributed by atoms with E-state index in [0.29, 0.717) is 5.69 Å². The van der Waals surface area contributed by atoms with Crippen molar-refractivity contribution >= 4 is 11.0 Å². The Hall–Kier alpha value is -1.63. The molecular weight excluding hydrogens is 353 g/mol. The molecule has 0 radical (unpaired) electrons. The van der Waals surface area contributed by atoms with E-state index < -0.39 is 0 Å². The van der Waals surface area contributed by atoms with Gasteiger partial charge in [-0.1, -0.05) is 0 Å². The molecule has 3 rings (SSSR count). The molecule has 0 saturated heterocycles. The Morgan fingerprint density at radius 2 is 1.74 bits per heavy atom. The second-order valence-electron chi connectivity index (χ2n) is 4.26. The fourth-order valence-corrected chi connectivity index (χ4v) is 3.33. The van der Waals surface area contributed by atoms with Crippen molar-refractivity contribution in [2.45, 2.75) is 6.92 Å². The number of rotatable bonds is 2. The van der Waals surface area contributed by atoms with E-state index in [1.54, 1.807) is 0 Å². The molecule has 5 heteroatoms. The molecule has 0 fully saturated rings. The van der Waals surface area contributed by atoms with Crippen LogP contribution in [-0.4, -0.2) is 25.0 Å². The van der Waals surface area contributed by atoms with Gasteiger partial charge in [-0.2, -0.15) is 0 Å². The van der Waals surface area contributed by atoms with Crippen LogP contribution in [0.15, 0.2) is 36.4 Å². The van der Waals surface area contributed by atoms with Gasteiger partial charge in [0.1, 0.15) is 0 Å². The Balaban J connectivity index is 2.23. The third-order valence-electron chi connectivity index (χ3n) is 2.97. The first-order chi connectivity index (χ1) is 9.19. The first-order valence-corrected chi connectivity index (χ1v) is 9.08. The van der Waals surface area contributed by atoms with Gasteiger partial charge in [0.2, 0.25) is 0 Å². The topological polar surface area (TPSA) is 50.9 Å². The van der Waals surface area contributed by atoms with Gasteiger partial charge in [0, 0.05) is 0 Å². The van der Waals surface area contributed by atoms with Gasteiger partial charge in [0.15, 0.2) is 0 Å². The Kier molecular flexibility index (Phi) is 3.14. The molecule has 0 spiro atoms. The third kappa shape index (κ3) is 2.18. The van der Waals surface area contributed by atoms with E-state index in [1.807, 2.05) is 43.3 Å². The Morgan fingerprint density at radius 1 is 1.11 bits per heavy atom. The number of aromatic nitrogens is 3. The zero-order valence-electron chi connectivity index (χ0n) is 10.6. The third-order valence-corrected chi connectivity index (χ3v) is 4.83. The summed E-state index contributed by atoms with van der Waals surface area (Å²) < 4.78 is 1.27. The van der Waals surface area contributed by atoms with Crippen molar-refractivity contribution in [2.24, 2.45) is 0 Å². The number of halogens is 1. The molecular formula is C14H13IN3O-. The number of phenols is 1. The van der Waals surface area contributed by atoms with Gasteiger partial charge < -0.3 is 0 Å². The van der Waals surface area contributed by atoms with Gasteiger partial charge in [-0.25, -0.2) is 0 Å². The molecule has 0 aliphatic heterocycles. The summed E-state index contributed by atoms with van der Waals surface area (Å²) in [4.78, 5) is 3.72. The van der Waals surface area contributed by atoms with E-state index in [1.165, 1.54) is 8.37 Å². The zero-order valence-corrected chi connectivity index (χ0v) is 12.8. The summed E-state index contributed by atoms with van der Waals surface area (Å²) in [7, 11) is 0. The Bertz CT molecular complexity index is 719. The van der Waals surface area contributed by atoms with Crippen LogP contribution in [0.25, 0.3) is 16.7 Å². The number of aryl methyl sites for hydroxylation is 1. The maximum absolute atomic E-state index is 10.2. The molecule has 0 bridgehead atoms. The number of fused-ring (bicyclic) bond motifs is 1. The van der Waals surface area contributed by atoms with E-state index in [4.69, 9.17) is 0 Å². The summed E-state index contributed by atoms with van der Waals surface area (Å²) in [5.41, 5.74) is 3.19. The number of hydrogen-bond donors (Lipinski definition) is 1. The molecule has 3 aromatic rings. The molecule has 0 atom stereocenters. The SMILES string of the molecule is C[I-]c1cc(C)c(O)c(-n2nc3ccccc3n2)c1. The Labute approximate surface area is 121 Å². The van der Waals surface area contributed by atoms with E-state index >= 15 is 0 Å². The average Bonchev–Trinajstić information content (AvgIpc) is 2.85. The van der Waals surface area contributed by atoms with Gasteiger partial charge in [-0.05, 0) is 0 Å². The van der Waals surface area contributed by atoms with E-state index in [-0.39, 0.29) is 27.0 Å². The molecule has 0 saturated carbocycles. The molecule has 0 aliphatic rings. The molecule has 0 amide bonds. The van der Waals surface area contributed by atoms with E-state index in [2.05, 4.69) is 15.1 Å². The summed E-state index contributed by atoms with van der Waals surface area (Å²) in [6.45, 7) is 1.91. The standard InChI is InChI=1S/C14H13IN3O/c1-9-7-10(15-2)8-13(14(9)19)18-16-11-5-3-4-6-12(11)17-18/h3-8,19H,1-2H3/q-1. The van der Waals surface area contributed by atoms with Crippen molar-refractivity contribution in [3.8, 4) is 11.4 Å². The Morgan fingerprint density at radius 3 is 2.32 bits per heavy atom. The van der Waals surface area contributed by atoms with Crippen LogP contribution < -0.4 is 21.2 Å². The van der Waals surface area contributed by atoms with Crippen LogP contribution in [0.2, 0.25) is 0 Å². The molecule has 98 valence electrons. The van der Waals surface area contributed by atoms with Crippen LogP contribution in [-0.2, 0) is 0 Å². The predicted molar refractivity (Wildman–Crippen MR) is 69.9 cm³/mol. The normalized spacial score (nSPS) is 11.3. The van der Waals surface area contributed by atoms with Crippen molar-refractivity contribution in [1.82, 2.24) is 15.0 Å². The minimum atomic E-state index is -0.0332. The van der Waals surface area contributed by atoms with Crippen LogP contribution in [0.3, 0.4) is 0 Å². The molecule has 1 aromatic heterocycles. The summed E-state index contributed by atoms with van der Waals surface area (Å²) in [6.07, 6.45) is 0. The second-order valence-corrected chi connectivity index (χ2v) is 6.58. The average molecular weight is 366 g/mol. The van der Waals surface area contributed by atoms with Crippen LogP contribution >= 0.6 is 0 Å². The van der Waals surface area contributed by atoms with Gasteiger partial charge in [0.05, 0.1) is 0 Å². The molecule has 2 aromatic carbocycles. The van der Waals surface area contributed by atoms with Crippen molar-refractivity contribution in [3.05, 3.63) is 45.5 Å². The summed E-state index contributed by atoms with van der Waals surface area (Å²) in [5, 5.41) is 19.0. The van der Waals surface area contributed by atoms with Gasteiger partial charge in [0.25, 0.3) is 0 Å². The van der Waals surface area contributed by atoms with Gasteiger partial charge >= 0.3 is 121 Å². The van der Waals surface area contributed by atoms with E-state index in [9.17, 15) is 5.11 Å².